The first-order valence-corrected chi connectivity index (χ1v) is 5.08. The van der Waals surface area contributed by atoms with E-state index in [1.54, 1.807) is 0 Å². The van der Waals surface area contributed by atoms with Crippen LogP contribution >= 0.6 is 15.9 Å². The molecule has 2 rings (SSSR count). The van der Waals surface area contributed by atoms with Crippen LogP contribution in [0.5, 0.6) is 0 Å². The van der Waals surface area contributed by atoms with Crippen molar-refractivity contribution in [1.29, 1.82) is 0 Å². The molecule has 1 aliphatic rings. The first-order valence-electron chi connectivity index (χ1n) is 4.28. The van der Waals surface area contributed by atoms with E-state index in [0.29, 0.717) is 0 Å². The zero-order valence-electron chi connectivity index (χ0n) is 6.83. The Morgan fingerprint density at radius 3 is 2.50 bits per heavy atom. The fourth-order valence-electron chi connectivity index (χ4n) is 1.19. The Balaban J connectivity index is 2.15. The molecule has 1 aliphatic carbocycles. The highest BCUT2D eigenvalue weighted by Crippen LogP contribution is 2.40. The van der Waals surface area contributed by atoms with Crippen LogP contribution in [-0.2, 0) is 0 Å². The number of halogens is 1. The second-order valence-electron chi connectivity index (χ2n) is 3.21. The third-order valence-electron chi connectivity index (χ3n) is 2.07. The lowest BCUT2D eigenvalue weighted by Crippen LogP contribution is -1.74. The lowest BCUT2D eigenvalue weighted by atomic mass is 10.2. The minimum absolute atomic E-state index is 0.810. The van der Waals surface area contributed by atoms with E-state index in [0.717, 1.165) is 5.92 Å². The molecule has 1 aromatic carbocycles. The Hall–Kier alpha value is -0.560. The van der Waals surface area contributed by atoms with Gasteiger partial charge in [0.15, 0.2) is 0 Å². The van der Waals surface area contributed by atoms with Gasteiger partial charge in [0.1, 0.15) is 0 Å². The number of hydrogen-bond donors (Lipinski definition) is 0. The fourth-order valence-corrected chi connectivity index (χ4v) is 1.91. The Labute approximate surface area is 81.4 Å². The SMILES string of the molecule is BrC(=Cc1ccccc1)C1CC1. The van der Waals surface area contributed by atoms with E-state index in [1.165, 1.54) is 22.9 Å². The van der Waals surface area contributed by atoms with Gasteiger partial charge in [0.05, 0.1) is 0 Å². The Morgan fingerprint density at radius 2 is 1.92 bits per heavy atom. The second kappa shape index (κ2) is 3.44. The van der Waals surface area contributed by atoms with Gasteiger partial charge >= 0.3 is 0 Å². The van der Waals surface area contributed by atoms with E-state index < -0.39 is 0 Å². The molecule has 0 aliphatic heterocycles. The van der Waals surface area contributed by atoms with Crippen LogP contribution in [0.1, 0.15) is 18.4 Å². The van der Waals surface area contributed by atoms with Gasteiger partial charge in [-0.1, -0.05) is 46.3 Å². The third kappa shape index (κ3) is 1.98. The van der Waals surface area contributed by atoms with Crippen molar-refractivity contribution in [3.05, 3.63) is 40.4 Å². The maximum atomic E-state index is 3.60. The van der Waals surface area contributed by atoms with Gasteiger partial charge in [-0.25, -0.2) is 0 Å². The van der Waals surface area contributed by atoms with Crippen molar-refractivity contribution in [3.8, 4) is 0 Å². The van der Waals surface area contributed by atoms with Crippen molar-refractivity contribution in [2.45, 2.75) is 12.8 Å². The van der Waals surface area contributed by atoms with Gasteiger partial charge in [0.25, 0.3) is 0 Å². The van der Waals surface area contributed by atoms with E-state index >= 15 is 0 Å². The molecule has 0 spiro atoms. The van der Waals surface area contributed by atoms with Gasteiger partial charge in [0.2, 0.25) is 0 Å². The third-order valence-corrected chi connectivity index (χ3v) is 2.95. The van der Waals surface area contributed by atoms with E-state index in [1.807, 2.05) is 6.07 Å². The first kappa shape index (κ1) is 8.06. The molecule has 0 saturated heterocycles. The molecule has 1 heteroatoms. The highest BCUT2D eigenvalue weighted by atomic mass is 79.9. The van der Waals surface area contributed by atoms with Crippen LogP contribution < -0.4 is 0 Å². The quantitative estimate of drug-likeness (QED) is 0.714. The Morgan fingerprint density at radius 1 is 1.25 bits per heavy atom. The predicted octanol–water partition coefficient (Wildman–Crippen LogP) is 3.83. The zero-order valence-corrected chi connectivity index (χ0v) is 8.42. The molecule has 0 heterocycles. The molecule has 0 atom stereocenters. The van der Waals surface area contributed by atoms with Crippen LogP contribution in [0.4, 0.5) is 0 Å². The van der Waals surface area contributed by atoms with Crippen molar-refractivity contribution in [3.63, 3.8) is 0 Å². The highest BCUT2D eigenvalue weighted by Gasteiger charge is 2.23. The van der Waals surface area contributed by atoms with Crippen molar-refractivity contribution >= 4 is 22.0 Å². The molecular formula is C11H11Br. The van der Waals surface area contributed by atoms with Crippen molar-refractivity contribution < 1.29 is 0 Å². The van der Waals surface area contributed by atoms with Gasteiger partial charge in [-0.05, 0) is 34.9 Å². The molecule has 0 N–H and O–H groups in total. The van der Waals surface area contributed by atoms with Gasteiger partial charge in [0, 0.05) is 0 Å². The molecule has 0 bridgehead atoms. The van der Waals surface area contributed by atoms with Gasteiger partial charge < -0.3 is 0 Å². The lowest BCUT2D eigenvalue weighted by Gasteiger charge is -1.95. The summed E-state index contributed by atoms with van der Waals surface area (Å²) in [5.74, 6) is 0.810. The molecule has 0 aromatic heterocycles. The van der Waals surface area contributed by atoms with Crippen LogP contribution in [0.25, 0.3) is 6.08 Å². The summed E-state index contributed by atoms with van der Waals surface area (Å²) in [6, 6.07) is 10.4. The molecule has 1 aromatic rings. The summed E-state index contributed by atoms with van der Waals surface area (Å²) in [4.78, 5) is 0. The van der Waals surface area contributed by atoms with Crippen LogP contribution in [0.2, 0.25) is 0 Å². The van der Waals surface area contributed by atoms with Crippen LogP contribution in [0.15, 0.2) is 34.8 Å². The lowest BCUT2D eigenvalue weighted by molar-refractivity contribution is 1.11. The van der Waals surface area contributed by atoms with Crippen LogP contribution in [0, 0.1) is 5.92 Å². The molecule has 0 unspecified atom stereocenters. The largest absolute Gasteiger partial charge is 0.0622 e. The van der Waals surface area contributed by atoms with Crippen molar-refractivity contribution in [2.75, 3.05) is 0 Å². The van der Waals surface area contributed by atoms with Gasteiger partial charge in [-0.2, -0.15) is 0 Å². The minimum Gasteiger partial charge on any atom is -0.0622 e. The molecule has 0 radical (unpaired) electrons. The maximum absolute atomic E-state index is 3.60. The second-order valence-corrected chi connectivity index (χ2v) is 4.13. The smallest absolute Gasteiger partial charge is 0.00124 e. The highest BCUT2D eigenvalue weighted by molar-refractivity contribution is 9.11. The van der Waals surface area contributed by atoms with E-state index in [-0.39, 0.29) is 0 Å². The molecule has 0 nitrogen and oxygen atoms in total. The molecule has 1 saturated carbocycles. The predicted molar refractivity (Wildman–Crippen MR) is 56.1 cm³/mol. The summed E-state index contributed by atoms with van der Waals surface area (Å²) in [5.41, 5.74) is 1.29. The van der Waals surface area contributed by atoms with E-state index in [9.17, 15) is 0 Å². The minimum atomic E-state index is 0.810. The Bertz CT molecular complexity index is 283. The van der Waals surface area contributed by atoms with Crippen LogP contribution in [-0.4, -0.2) is 0 Å². The number of benzene rings is 1. The van der Waals surface area contributed by atoms with E-state index in [2.05, 4.69) is 46.3 Å². The topological polar surface area (TPSA) is 0 Å². The number of hydrogen-bond acceptors (Lipinski definition) is 0. The first-order chi connectivity index (χ1) is 5.86. The van der Waals surface area contributed by atoms with Crippen molar-refractivity contribution in [1.82, 2.24) is 0 Å². The van der Waals surface area contributed by atoms with Gasteiger partial charge in [-0.15, -0.1) is 0 Å². The molecule has 12 heavy (non-hydrogen) atoms. The molecule has 62 valence electrons. The summed E-state index contributed by atoms with van der Waals surface area (Å²) in [5, 5.41) is 0. The average molecular weight is 223 g/mol. The summed E-state index contributed by atoms with van der Waals surface area (Å²) in [7, 11) is 0. The number of rotatable bonds is 2. The zero-order chi connectivity index (χ0) is 8.39. The normalized spacial score (nSPS) is 17.9. The maximum Gasteiger partial charge on any atom is -0.00124 e. The Kier molecular flexibility index (Phi) is 2.31. The van der Waals surface area contributed by atoms with Gasteiger partial charge in [-0.3, -0.25) is 0 Å². The van der Waals surface area contributed by atoms with Crippen LogP contribution in [0.3, 0.4) is 0 Å². The van der Waals surface area contributed by atoms with Crippen molar-refractivity contribution in [2.24, 2.45) is 5.92 Å². The monoisotopic (exact) mass is 222 g/mol. The standard InChI is InChI=1S/C11H11Br/c12-11(10-6-7-10)8-9-4-2-1-3-5-9/h1-5,8,10H,6-7H2. The summed E-state index contributed by atoms with van der Waals surface area (Å²) < 4.78 is 1.36. The molecule has 0 amide bonds. The fraction of sp³-hybridized carbons (Fsp3) is 0.273. The summed E-state index contributed by atoms with van der Waals surface area (Å²) >= 11 is 3.60. The molecular weight excluding hydrogens is 212 g/mol. The average Bonchev–Trinajstić information content (AvgIpc) is 2.88. The van der Waals surface area contributed by atoms with E-state index in [4.69, 9.17) is 0 Å². The summed E-state index contributed by atoms with van der Waals surface area (Å²) in [6.45, 7) is 0. The summed E-state index contributed by atoms with van der Waals surface area (Å²) in [6.07, 6.45) is 4.92. The number of allylic oxidation sites excluding steroid dienone is 1. The molecule has 1 fully saturated rings.